The van der Waals surface area contributed by atoms with Crippen molar-refractivity contribution < 1.29 is 4.79 Å². The largest absolute Gasteiger partial charge is 0.397 e. The molecule has 0 aromatic heterocycles. The molecular formula is C11H13ClN2O. The molecule has 0 radical (unpaired) electrons. The lowest BCUT2D eigenvalue weighted by Crippen LogP contribution is -2.25. The van der Waals surface area contributed by atoms with Crippen LogP contribution >= 0.6 is 11.6 Å². The second-order valence-electron chi connectivity index (χ2n) is 3.78. The van der Waals surface area contributed by atoms with E-state index in [0.29, 0.717) is 29.4 Å². The highest BCUT2D eigenvalue weighted by molar-refractivity contribution is 6.35. The highest BCUT2D eigenvalue weighted by Crippen LogP contribution is 2.36. The molecule has 0 atom stereocenters. The van der Waals surface area contributed by atoms with Crippen LogP contribution in [0.1, 0.15) is 18.4 Å². The van der Waals surface area contributed by atoms with E-state index < -0.39 is 0 Å². The summed E-state index contributed by atoms with van der Waals surface area (Å²) in [4.78, 5) is 13.3. The molecule has 3 nitrogen and oxygen atoms in total. The van der Waals surface area contributed by atoms with Crippen LogP contribution in [0.5, 0.6) is 0 Å². The molecule has 2 rings (SSSR count). The van der Waals surface area contributed by atoms with E-state index >= 15 is 0 Å². The number of hydrogen-bond donors (Lipinski definition) is 1. The van der Waals surface area contributed by atoms with E-state index in [-0.39, 0.29) is 5.91 Å². The van der Waals surface area contributed by atoms with E-state index in [2.05, 4.69) is 0 Å². The number of rotatable bonds is 1. The van der Waals surface area contributed by atoms with Crippen molar-refractivity contribution in [1.82, 2.24) is 0 Å². The van der Waals surface area contributed by atoms with Gasteiger partial charge in [-0.2, -0.15) is 0 Å². The van der Waals surface area contributed by atoms with Gasteiger partial charge >= 0.3 is 0 Å². The Morgan fingerprint density at radius 2 is 2.20 bits per heavy atom. The maximum absolute atomic E-state index is 11.6. The van der Waals surface area contributed by atoms with Crippen molar-refractivity contribution in [2.24, 2.45) is 0 Å². The van der Waals surface area contributed by atoms with Crippen molar-refractivity contribution in [2.45, 2.75) is 19.8 Å². The SMILES string of the molecule is Cc1ccc(N)c(N2CCCC2=O)c1Cl. The Hall–Kier alpha value is -1.22. The van der Waals surface area contributed by atoms with Gasteiger partial charge < -0.3 is 10.6 Å². The molecule has 0 unspecified atom stereocenters. The highest BCUT2D eigenvalue weighted by atomic mass is 35.5. The number of carbonyl (C=O) groups excluding carboxylic acids is 1. The quantitative estimate of drug-likeness (QED) is 0.745. The predicted molar refractivity (Wildman–Crippen MR) is 62.2 cm³/mol. The molecule has 1 aliphatic rings. The maximum Gasteiger partial charge on any atom is 0.227 e. The normalized spacial score (nSPS) is 16.1. The monoisotopic (exact) mass is 224 g/mol. The Morgan fingerprint density at radius 1 is 1.47 bits per heavy atom. The van der Waals surface area contributed by atoms with Gasteiger partial charge in [0.15, 0.2) is 0 Å². The fourth-order valence-electron chi connectivity index (χ4n) is 1.84. The van der Waals surface area contributed by atoms with Crippen molar-refractivity contribution in [3.05, 3.63) is 22.7 Å². The molecular weight excluding hydrogens is 212 g/mol. The van der Waals surface area contributed by atoms with Crippen molar-refractivity contribution in [2.75, 3.05) is 17.2 Å². The number of halogens is 1. The zero-order valence-corrected chi connectivity index (χ0v) is 9.34. The third-order valence-corrected chi connectivity index (χ3v) is 3.16. The van der Waals surface area contributed by atoms with Gasteiger partial charge in [-0.25, -0.2) is 0 Å². The molecule has 1 heterocycles. The van der Waals surface area contributed by atoms with Gasteiger partial charge in [-0.05, 0) is 25.0 Å². The van der Waals surface area contributed by atoms with Crippen molar-refractivity contribution in [3.8, 4) is 0 Å². The summed E-state index contributed by atoms with van der Waals surface area (Å²) in [6.07, 6.45) is 1.46. The molecule has 2 N–H and O–H groups in total. The number of amides is 1. The van der Waals surface area contributed by atoms with Gasteiger partial charge in [0.2, 0.25) is 5.91 Å². The van der Waals surface area contributed by atoms with E-state index in [1.807, 2.05) is 13.0 Å². The number of anilines is 2. The summed E-state index contributed by atoms with van der Waals surface area (Å²) in [5.41, 5.74) is 8.05. The molecule has 1 amide bonds. The summed E-state index contributed by atoms with van der Waals surface area (Å²) < 4.78 is 0. The van der Waals surface area contributed by atoms with Gasteiger partial charge in [0.25, 0.3) is 0 Å². The van der Waals surface area contributed by atoms with E-state index in [1.165, 1.54) is 0 Å². The number of carbonyl (C=O) groups is 1. The van der Waals surface area contributed by atoms with Gasteiger partial charge in [-0.3, -0.25) is 4.79 Å². The Bertz CT molecular complexity index is 417. The minimum absolute atomic E-state index is 0.106. The molecule has 15 heavy (non-hydrogen) atoms. The molecule has 4 heteroatoms. The zero-order chi connectivity index (χ0) is 11.0. The summed E-state index contributed by atoms with van der Waals surface area (Å²) in [7, 11) is 0. The first-order chi connectivity index (χ1) is 7.11. The fraction of sp³-hybridized carbons (Fsp3) is 0.364. The zero-order valence-electron chi connectivity index (χ0n) is 8.59. The third-order valence-electron chi connectivity index (χ3n) is 2.68. The molecule has 0 bridgehead atoms. The second-order valence-corrected chi connectivity index (χ2v) is 4.16. The van der Waals surface area contributed by atoms with Crippen LogP contribution in [-0.4, -0.2) is 12.5 Å². The number of nitrogens with two attached hydrogens (primary N) is 1. The topological polar surface area (TPSA) is 46.3 Å². The van der Waals surface area contributed by atoms with E-state index in [9.17, 15) is 4.79 Å². The minimum Gasteiger partial charge on any atom is -0.397 e. The number of hydrogen-bond acceptors (Lipinski definition) is 2. The number of benzene rings is 1. The lowest BCUT2D eigenvalue weighted by Gasteiger charge is -2.20. The average Bonchev–Trinajstić information content (AvgIpc) is 2.60. The Labute approximate surface area is 93.8 Å². The molecule has 1 saturated heterocycles. The second kappa shape index (κ2) is 3.74. The Morgan fingerprint density at radius 3 is 2.80 bits per heavy atom. The van der Waals surface area contributed by atoms with Crippen LogP contribution in [0.3, 0.4) is 0 Å². The van der Waals surface area contributed by atoms with Gasteiger partial charge in [0, 0.05) is 13.0 Å². The summed E-state index contributed by atoms with van der Waals surface area (Å²) in [5.74, 6) is 0.106. The van der Waals surface area contributed by atoms with E-state index in [1.54, 1.807) is 11.0 Å². The standard InChI is InChI=1S/C11H13ClN2O/c1-7-4-5-8(13)11(10(7)12)14-6-2-3-9(14)15/h4-5H,2-3,6,13H2,1H3. The van der Waals surface area contributed by atoms with Crippen molar-refractivity contribution in [3.63, 3.8) is 0 Å². The van der Waals surface area contributed by atoms with Crippen LogP contribution in [-0.2, 0) is 4.79 Å². The summed E-state index contributed by atoms with van der Waals surface area (Å²) in [5, 5.41) is 0.588. The molecule has 1 fully saturated rings. The number of nitrogen functional groups attached to an aromatic ring is 1. The van der Waals surface area contributed by atoms with Crippen molar-refractivity contribution in [1.29, 1.82) is 0 Å². The van der Waals surface area contributed by atoms with Crippen LogP contribution < -0.4 is 10.6 Å². The van der Waals surface area contributed by atoms with Gasteiger partial charge in [0.05, 0.1) is 16.4 Å². The molecule has 80 valence electrons. The molecule has 1 aromatic rings. The number of aryl methyl sites for hydroxylation is 1. The molecule has 0 spiro atoms. The van der Waals surface area contributed by atoms with Crippen LogP contribution in [0, 0.1) is 6.92 Å². The summed E-state index contributed by atoms with van der Waals surface area (Å²) in [6, 6.07) is 3.66. The first-order valence-corrected chi connectivity index (χ1v) is 5.34. The smallest absolute Gasteiger partial charge is 0.227 e. The minimum atomic E-state index is 0.106. The first-order valence-electron chi connectivity index (χ1n) is 4.96. The lowest BCUT2D eigenvalue weighted by molar-refractivity contribution is -0.117. The molecule has 1 aromatic carbocycles. The summed E-state index contributed by atoms with van der Waals surface area (Å²) >= 11 is 6.17. The maximum atomic E-state index is 11.6. The van der Waals surface area contributed by atoms with Crippen LogP contribution in [0.25, 0.3) is 0 Å². The Balaban J connectivity index is 2.51. The van der Waals surface area contributed by atoms with Gasteiger partial charge in [-0.15, -0.1) is 0 Å². The summed E-state index contributed by atoms with van der Waals surface area (Å²) in [6.45, 7) is 2.62. The van der Waals surface area contributed by atoms with Gasteiger partial charge in [0.1, 0.15) is 0 Å². The Kier molecular flexibility index (Phi) is 2.57. The molecule has 0 saturated carbocycles. The molecule has 0 aliphatic carbocycles. The van der Waals surface area contributed by atoms with Crippen LogP contribution in [0.15, 0.2) is 12.1 Å². The van der Waals surface area contributed by atoms with Crippen LogP contribution in [0.2, 0.25) is 5.02 Å². The third kappa shape index (κ3) is 1.67. The average molecular weight is 225 g/mol. The predicted octanol–water partition coefficient (Wildman–Crippen LogP) is 2.36. The molecule has 1 aliphatic heterocycles. The van der Waals surface area contributed by atoms with Gasteiger partial charge in [-0.1, -0.05) is 17.7 Å². The highest BCUT2D eigenvalue weighted by Gasteiger charge is 2.25. The fourth-order valence-corrected chi connectivity index (χ4v) is 2.11. The lowest BCUT2D eigenvalue weighted by atomic mass is 10.1. The van der Waals surface area contributed by atoms with Crippen LogP contribution in [0.4, 0.5) is 11.4 Å². The first kappa shape index (κ1) is 10.3. The van der Waals surface area contributed by atoms with E-state index in [4.69, 9.17) is 17.3 Å². The van der Waals surface area contributed by atoms with E-state index in [0.717, 1.165) is 12.0 Å². The van der Waals surface area contributed by atoms with Crippen molar-refractivity contribution >= 4 is 28.9 Å². The number of nitrogens with zero attached hydrogens (tertiary/aromatic N) is 1.